The Hall–Kier alpha value is -2.73. The number of urea groups is 1. The van der Waals surface area contributed by atoms with Crippen LogP contribution in [0, 0.1) is 20.8 Å². The van der Waals surface area contributed by atoms with Crippen molar-refractivity contribution in [2.45, 2.75) is 47.0 Å². The third-order valence-corrected chi connectivity index (χ3v) is 6.65. The van der Waals surface area contributed by atoms with Gasteiger partial charge < -0.3 is 10.1 Å². The maximum absolute atomic E-state index is 12.5. The molecule has 3 aromatic rings. The lowest BCUT2D eigenvalue weighted by Gasteiger charge is -2.21. The zero-order valence-corrected chi connectivity index (χ0v) is 22.7. The molecule has 35 heavy (non-hydrogen) atoms. The number of ether oxygens (including phenoxy) is 1. The van der Waals surface area contributed by atoms with Crippen LogP contribution in [0.1, 0.15) is 53.4 Å². The monoisotopic (exact) mass is 532 g/mol. The Morgan fingerprint density at radius 3 is 2.09 bits per heavy atom. The molecule has 8 heteroatoms. The Labute approximate surface area is 220 Å². The van der Waals surface area contributed by atoms with E-state index >= 15 is 0 Å². The Morgan fingerprint density at radius 1 is 0.886 bits per heavy atom. The predicted molar refractivity (Wildman–Crippen MR) is 144 cm³/mol. The van der Waals surface area contributed by atoms with E-state index in [1.54, 1.807) is 19.1 Å². The third kappa shape index (κ3) is 6.10. The van der Waals surface area contributed by atoms with Crippen LogP contribution in [0.3, 0.4) is 0 Å². The van der Waals surface area contributed by atoms with Gasteiger partial charge in [0.25, 0.3) is 5.91 Å². The van der Waals surface area contributed by atoms with Crippen LogP contribution < -0.4 is 15.4 Å². The average Bonchev–Trinajstić information content (AvgIpc) is 2.75. The summed E-state index contributed by atoms with van der Waals surface area (Å²) in [5.74, 6) is 0.483. The minimum atomic E-state index is -0.744. The molecule has 0 atom stereocenters. The van der Waals surface area contributed by atoms with Gasteiger partial charge in [0.1, 0.15) is 11.5 Å². The molecule has 0 aromatic heterocycles. The van der Waals surface area contributed by atoms with Gasteiger partial charge in [-0.15, -0.1) is 0 Å². The highest BCUT2D eigenvalue weighted by Crippen LogP contribution is 2.40. The van der Waals surface area contributed by atoms with E-state index < -0.39 is 11.9 Å². The van der Waals surface area contributed by atoms with Crippen molar-refractivity contribution >= 4 is 52.4 Å². The van der Waals surface area contributed by atoms with Crippen LogP contribution >= 0.6 is 34.8 Å². The molecule has 2 N–H and O–H groups in total. The minimum Gasteiger partial charge on any atom is -0.455 e. The van der Waals surface area contributed by atoms with Gasteiger partial charge in [0.05, 0.1) is 20.6 Å². The predicted octanol–water partition coefficient (Wildman–Crippen LogP) is 8.62. The Kier molecular flexibility index (Phi) is 8.05. The number of rotatable bonds is 4. The molecular weight excluding hydrogens is 507 g/mol. The second kappa shape index (κ2) is 10.5. The molecule has 0 aliphatic rings. The molecule has 0 spiro atoms. The van der Waals surface area contributed by atoms with E-state index in [2.05, 4.69) is 37.5 Å². The van der Waals surface area contributed by atoms with Crippen molar-refractivity contribution < 1.29 is 14.3 Å². The van der Waals surface area contributed by atoms with Crippen LogP contribution in [0.2, 0.25) is 15.1 Å². The smallest absolute Gasteiger partial charge is 0.326 e. The van der Waals surface area contributed by atoms with Crippen LogP contribution in [0.15, 0.2) is 42.5 Å². The number of imide groups is 1. The topological polar surface area (TPSA) is 67.4 Å². The fraction of sp³-hybridized carbons (Fsp3) is 0.259. The first-order chi connectivity index (χ1) is 16.3. The van der Waals surface area contributed by atoms with Crippen LogP contribution in [-0.2, 0) is 5.41 Å². The van der Waals surface area contributed by atoms with Crippen molar-refractivity contribution in [1.29, 1.82) is 0 Å². The molecule has 0 radical (unpaired) electrons. The number of nitrogens with one attached hydrogen (secondary N) is 2. The maximum atomic E-state index is 12.5. The lowest BCUT2D eigenvalue weighted by Crippen LogP contribution is -2.34. The molecule has 0 heterocycles. The first kappa shape index (κ1) is 26.9. The van der Waals surface area contributed by atoms with Gasteiger partial charge in [-0.25, -0.2) is 4.79 Å². The van der Waals surface area contributed by atoms with Crippen molar-refractivity contribution in [3.63, 3.8) is 0 Å². The fourth-order valence-corrected chi connectivity index (χ4v) is 4.34. The number of amides is 3. The van der Waals surface area contributed by atoms with Crippen LogP contribution in [0.25, 0.3) is 0 Å². The van der Waals surface area contributed by atoms with Gasteiger partial charge in [-0.1, -0.05) is 73.8 Å². The van der Waals surface area contributed by atoms with E-state index in [-0.39, 0.29) is 21.0 Å². The summed E-state index contributed by atoms with van der Waals surface area (Å²) in [5.41, 5.74) is 4.00. The number of carbonyl (C=O) groups excluding carboxylic acids is 2. The molecular formula is C27H27Cl3N2O3. The number of halogens is 3. The summed E-state index contributed by atoms with van der Waals surface area (Å²) in [4.78, 5) is 25.0. The molecule has 3 aromatic carbocycles. The average molecular weight is 534 g/mol. The summed E-state index contributed by atoms with van der Waals surface area (Å²) in [5, 5.41) is 5.55. The maximum Gasteiger partial charge on any atom is 0.326 e. The van der Waals surface area contributed by atoms with Gasteiger partial charge in [-0.3, -0.25) is 10.1 Å². The molecule has 5 nitrogen and oxygen atoms in total. The first-order valence-electron chi connectivity index (χ1n) is 10.9. The Morgan fingerprint density at radius 2 is 1.51 bits per heavy atom. The standard InChI is InChI=1S/C27H27Cl3N2O3/c1-14-12-17(27(4,5)6)10-11-21(14)35-24-15(2)13-20(16(3)23(24)30)31-26(34)32-25(33)22-18(28)8-7-9-19(22)29/h7-13H,1-6H3,(H2,31,32,33,34). The lowest BCUT2D eigenvalue weighted by molar-refractivity contribution is 0.0967. The van der Waals surface area contributed by atoms with Gasteiger partial charge in [-0.2, -0.15) is 0 Å². The second-order valence-electron chi connectivity index (χ2n) is 9.35. The molecule has 0 unspecified atom stereocenters. The number of hydrogen-bond acceptors (Lipinski definition) is 3. The van der Waals surface area contributed by atoms with E-state index in [1.165, 1.54) is 17.7 Å². The molecule has 0 saturated heterocycles. The van der Waals surface area contributed by atoms with Crippen LogP contribution in [0.5, 0.6) is 11.5 Å². The largest absolute Gasteiger partial charge is 0.455 e. The Balaban J connectivity index is 1.81. The van der Waals surface area contributed by atoms with Crippen molar-refractivity contribution in [3.8, 4) is 11.5 Å². The zero-order chi connectivity index (χ0) is 26.1. The number of benzene rings is 3. The highest BCUT2D eigenvalue weighted by Gasteiger charge is 2.20. The van der Waals surface area contributed by atoms with E-state index in [0.29, 0.717) is 27.8 Å². The van der Waals surface area contributed by atoms with Crippen molar-refractivity contribution in [2.75, 3.05) is 5.32 Å². The fourth-order valence-electron chi connectivity index (χ4n) is 3.48. The molecule has 0 saturated carbocycles. The summed E-state index contributed by atoms with van der Waals surface area (Å²) in [6.07, 6.45) is 0. The summed E-state index contributed by atoms with van der Waals surface area (Å²) >= 11 is 18.7. The van der Waals surface area contributed by atoms with Crippen molar-refractivity contribution in [3.05, 3.63) is 85.3 Å². The Bertz CT molecular complexity index is 1290. The van der Waals surface area contributed by atoms with Gasteiger partial charge in [-0.05, 0) is 72.7 Å². The third-order valence-electron chi connectivity index (χ3n) is 5.57. The SMILES string of the molecule is Cc1cc(C(C)(C)C)ccc1Oc1c(C)cc(NC(=O)NC(=O)c2c(Cl)cccc2Cl)c(C)c1Cl. The van der Waals surface area contributed by atoms with Crippen molar-refractivity contribution in [1.82, 2.24) is 5.32 Å². The summed E-state index contributed by atoms with van der Waals surface area (Å²) in [6.45, 7) is 12.1. The van der Waals surface area contributed by atoms with Crippen LogP contribution in [-0.4, -0.2) is 11.9 Å². The number of hydrogen-bond donors (Lipinski definition) is 2. The molecule has 3 rings (SSSR count). The molecule has 0 aliphatic heterocycles. The summed E-state index contributed by atoms with van der Waals surface area (Å²) in [6, 6.07) is 11.7. The van der Waals surface area contributed by atoms with Crippen molar-refractivity contribution in [2.24, 2.45) is 0 Å². The van der Waals surface area contributed by atoms with E-state index in [4.69, 9.17) is 39.5 Å². The molecule has 3 amide bonds. The first-order valence-corrected chi connectivity index (χ1v) is 12.1. The molecule has 0 fully saturated rings. The number of carbonyl (C=O) groups is 2. The quantitative estimate of drug-likeness (QED) is 0.353. The summed E-state index contributed by atoms with van der Waals surface area (Å²) < 4.78 is 6.18. The van der Waals surface area contributed by atoms with Crippen LogP contribution in [0.4, 0.5) is 10.5 Å². The summed E-state index contributed by atoms with van der Waals surface area (Å²) in [7, 11) is 0. The lowest BCUT2D eigenvalue weighted by atomic mass is 9.86. The highest BCUT2D eigenvalue weighted by atomic mass is 35.5. The van der Waals surface area contributed by atoms with Gasteiger partial charge in [0.15, 0.2) is 0 Å². The van der Waals surface area contributed by atoms with Gasteiger partial charge in [0, 0.05) is 5.69 Å². The van der Waals surface area contributed by atoms with E-state index in [0.717, 1.165) is 11.1 Å². The van der Waals surface area contributed by atoms with E-state index in [9.17, 15) is 9.59 Å². The highest BCUT2D eigenvalue weighted by molar-refractivity contribution is 6.40. The molecule has 184 valence electrons. The normalized spacial score (nSPS) is 11.2. The second-order valence-corrected chi connectivity index (χ2v) is 10.5. The molecule has 0 aliphatic carbocycles. The number of anilines is 1. The zero-order valence-electron chi connectivity index (χ0n) is 20.4. The number of aryl methyl sites for hydroxylation is 2. The van der Waals surface area contributed by atoms with Gasteiger partial charge >= 0.3 is 6.03 Å². The molecule has 0 bridgehead atoms. The minimum absolute atomic E-state index is 0.0218. The van der Waals surface area contributed by atoms with Gasteiger partial charge in [0.2, 0.25) is 0 Å². The van der Waals surface area contributed by atoms with E-state index in [1.807, 2.05) is 26.0 Å².